The molecular weight excluding hydrogens is 384 g/mol. The van der Waals surface area contributed by atoms with Crippen molar-refractivity contribution >= 4 is 34.3 Å². The smallest absolute Gasteiger partial charge is 0.408 e. The number of ether oxygens (including phenoxy) is 1. The molecule has 2 aromatic carbocycles. The molecule has 0 saturated carbocycles. The molecule has 8 heteroatoms. The van der Waals surface area contributed by atoms with Crippen molar-refractivity contribution in [2.24, 2.45) is 0 Å². The predicted molar refractivity (Wildman–Crippen MR) is 113 cm³/mol. The number of para-hydroxylation sites is 3. The maximum absolute atomic E-state index is 12.8. The zero-order valence-corrected chi connectivity index (χ0v) is 17.1. The Hall–Kier alpha value is -3.55. The summed E-state index contributed by atoms with van der Waals surface area (Å²) in [5, 5.41) is 10.7. The van der Waals surface area contributed by atoms with Crippen LogP contribution in [0.15, 0.2) is 53.1 Å². The number of carbonyl (C=O) groups excluding carboxylic acids is 2. The van der Waals surface area contributed by atoms with Crippen LogP contribution in [0.2, 0.25) is 0 Å². The molecule has 3 aromatic rings. The highest BCUT2D eigenvalue weighted by molar-refractivity contribution is 6.01. The van der Waals surface area contributed by atoms with E-state index < -0.39 is 17.7 Å². The van der Waals surface area contributed by atoms with Gasteiger partial charge in [-0.1, -0.05) is 29.4 Å². The van der Waals surface area contributed by atoms with Crippen LogP contribution in [0, 0.1) is 0 Å². The Morgan fingerprint density at radius 2 is 1.97 bits per heavy atom. The minimum atomic E-state index is -0.801. The first kappa shape index (κ1) is 19.8. The first-order chi connectivity index (χ1) is 14.3. The Morgan fingerprint density at radius 3 is 2.77 bits per heavy atom. The molecular formula is C22H24N4O4. The quantitative estimate of drug-likeness (QED) is 0.686. The second kappa shape index (κ2) is 7.70. The van der Waals surface area contributed by atoms with Gasteiger partial charge in [0.1, 0.15) is 17.3 Å². The number of fused-ring (bicyclic) bond motifs is 2. The van der Waals surface area contributed by atoms with Gasteiger partial charge in [-0.05, 0) is 45.0 Å². The predicted octanol–water partition coefficient (Wildman–Crippen LogP) is 3.68. The molecule has 0 unspecified atom stereocenters. The van der Waals surface area contributed by atoms with E-state index in [-0.39, 0.29) is 12.5 Å². The summed E-state index contributed by atoms with van der Waals surface area (Å²) in [5.41, 5.74) is 2.31. The highest BCUT2D eigenvalue weighted by atomic mass is 16.6. The van der Waals surface area contributed by atoms with E-state index in [1.165, 1.54) is 0 Å². The van der Waals surface area contributed by atoms with Gasteiger partial charge in [0.05, 0.1) is 17.9 Å². The van der Waals surface area contributed by atoms with Gasteiger partial charge in [-0.25, -0.2) is 4.79 Å². The van der Waals surface area contributed by atoms with Crippen molar-refractivity contribution in [2.45, 2.75) is 39.0 Å². The molecule has 4 rings (SSSR count). The van der Waals surface area contributed by atoms with Crippen molar-refractivity contribution in [2.75, 3.05) is 16.8 Å². The third-order valence-electron chi connectivity index (χ3n) is 4.71. The molecule has 0 bridgehead atoms. The SMILES string of the molecule is CC(C)(C)OC(=O)N[C@H]1CN(Cc2noc3ccccc23)c2ccccc2NC1=O. The zero-order chi connectivity index (χ0) is 21.3. The van der Waals surface area contributed by atoms with Gasteiger partial charge in [-0.3, -0.25) is 4.79 Å². The summed E-state index contributed by atoms with van der Waals surface area (Å²) in [6.45, 7) is 5.99. The molecule has 1 aliphatic rings. The van der Waals surface area contributed by atoms with Crippen molar-refractivity contribution in [3.63, 3.8) is 0 Å². The van der Waals surface area contributed by atoms with Crippen LogP contribution in [-0.2, 0) is 16.1 Å². The van der Waals surface area contributed by atoms with Crippen LogP contribution in [-0.4, -0.2) is 35.3 Å². The fourth-order valence-electron chi connectivity index (χ4n) is 3.42. The fourth-order valence-corrected chi connectivity index (χ4v) is 3.42. The normalized spacial score (nSPS) is 16.6. The largest absolute Gasteiger partial charge is 0.444 e. The highest BCUT2D eigenvalue weighted by Gasteiger charge is 2.31. The summed E-state index contributed by atoms with van der Waals surface area (Å²) < 4.78 is 10.8. The van der Waals surface area contributed by atoms with Crippen molar-refractivity contribution in [3.8, 4) is 0 Å². The number of aromatic nitrogens is 1. The number of alkyl carbamates (subject to hydrolysis) is 1. The monoisotopic (exact) mass is 408 g/mol. The minimum Gasteiger partial charge on any atom is -0.444 e. The number of rotatable bonds is 3. The molecule has 156 valence electrons. The zero-order valence-electron chi connectivity index (χ0n) is 17.1. The number of benzene rings is 2. The van der Waals surface area contributed by atoms with Gasteiger partial charge in [0.15, 0.2) is 5.58 Å². The molecule has 2 amide bonds. The van der Waals surface area contributed by atoms with E-state index in [0.717, 1.165) is 16.8 Å². The molecule has 0 radical (unpaired) electrons. The number of nitrogens with one attached hydrogen (secondary N) is 2. The molecule has 1 aromatic heterocycles. The van der Waals surface area contributed by atoms with E-state index in [4.69, 9.17) is 9.26 Å². The highest BCUT2D eigenvalue weighted by Crippen LogP contribution is 2.31. The molecule has 0 fully saturated rings. The lowest BCUT2D eigenvalue weighted by molar-refractivity contribution is -0.117. The van der Waals surface area contributed by atoms with Crippen LogP contribution in [0.3, 0.4) is 0 Å². The molecule has 1 atom stereocenters. The molecule has 30 heavy (non-hydrogen) atoms. The summed E-state index contributed by atoms with van der Waals surface area (Å²) in [6, 6.07) is 14.3. The molecule has 0 saturated heterocycles. The summed E-state index contributed by atoms with van der Waals surface area (Å²) >= 11 is 0. The van der Waals surface area contributed by atoms with E-state index in [1.807, 2.05) is 53.4 Å². The van der Waals surface area contributed by atoms with E-state index >= 15 is 0 Å². The summed E-state index contributed by atoms with van der Waals surface area (Å²) in [5.74, 6) is -0.305. The Balaban J connectivity index is 1.63. The Labute approximate surface area is 174 Å². The lowest BCUT2D eigenvalue weighted by Crippen LogP contribution is -2.50. The summed E-state index contributed by atoms with van der Waals surface area (Å²) in [4.78, 5) is 27.1. The standard InChI is InChI=1S/C22H24N4O4/c1-22(2,3)29-21(28)24-17-13-26(18-10-6-5-9-15(18)23-20(17)27)12-16-14-8-4-7-11-19(14)30-25-16/h4-11,17H,12-13H2,1-3H3,(H,23,27)(H,24,28)/t17-/m0/s1. The maximum Gasteiger partial charge on any atom is 0.408 e. The number of carbonyl (C=O) groups is 2. The van der Waals surface area contributed by atoms with Crippen molar-refractivity contribution < 1.29 is 18.8 Å². The second-order valence-electron chi connectivity index (χ2n) is 8.21. The summed E-state index contributed by atoms with van der Waals surface area (Å²) in [7, 11) is 0. The van der Waals surface area contributed by atoms with Crippen LogP contribution in [0.1, 0.15) is 26.5 Å². The fraction of sp³-hybridized carbons (Fsp3) is 0.318. The molecule has 1 aliphatic heterocycles. The minimum absolute atomic E-state index is 0.253. The van der Waals surface area contributed by atoms with Gasteiger partial charge in [-0.2, -0.15) is 0 Å². The third kappa shape index (κ3) is 4.22. The van der Waals surface area contributed by atoms with Crippen molar-refractivity contribution in [1.29, 1.82) is 0 Å². The Bertz CT molecular complexity index is 1090. The number of anilines is 2. The molecule has 2 N–H and O–H groups in total. The first-order valence-corrected chi connectivity index (χ1v) is 9.78. The Morgan fingerprint density at radius 1 is 1.23 bits per heavy atom. The van der Waals surface area contributed by atoms with Crippen molar-refractivity contribution in [3.05, 3.63) is 54.2 Å². The van der Waals surface area contributed by atoms with Crippen LogP contribution < -0.4 is 15.5 Å². The van der Waals surface area contributed by atoms with Gasteiger partial charge in [0.2, 0.25) is 5.91 Å². The van der Waals surface area contributed by atoms with Gasteiger partial charge in [0.25, 0.3) is 0 Å². The molecule has 0 aliphatic carbocycles. The third-order valence-corrected chi connectivity index (χ3v) is 4.71. The van der Waals surface area contributed by atoms with Crippen LogP contribution in [0.5, 0.6) is 0 Å². The number of amides is 2. The topological polar surface area (TPSA) is 96.7 Å². The van der Waals surface area contributed by atoms with Crippen LogP contribution in [0.25, 0.3) is 11.0 Å². The van der Waals surface area contributed by atoms with Gasteiger partial charge in [0, 0.05) is 11.9 Å². The van der Waals surface area contributed by atoms with Crippen LogP contribution in [0.4, 0.5) is 16.2 Å². The van der Waals surface area contributed by atoms with E-state index in [1.54, 1.807) is 20.8 Å². The maximum atomic E-state index is 12.8. The first-order valence-electron chi connectivity index (χ1n) is 9.78. The second-order valence-corrected chi connectivity index (χ2v) is 8.21. The lowest BCUT2D eigenvalue weighted by Gasteiger charge is -2.27. The van der Waals surface area contributed by atoms with Crippen molar-refractivity contribution in [1.82, 2.24) is 10.5 Å². The molecule has 8 nitrogen and oxygen atoms in total. The van der Waals surface area contributed by atoms with E-state index in [2.05, 4.69) is 15.8 Å². The molecule has 0 spiro atoms. The average Bonchev–Trinajstić information content (AvgIpc) is 3.03. The number of hydrogen-bond donors (Lipinski definition) is 2. The Kier molecular flexibility index (Phi) is 5.07. The van der Waals surface area contributed by atoms with E-state index in [9.17, 15) is 9.59 Å². The van der Waals surface area contributed by atoms with Gasteiger partial charge >= 0.3 is 6.09 Å². The van der Waals surface area contributed by atoms with Crippen LogP contribution >= 0.6 is 0 Å². The summed E-state index contributed by atoms with van der Waals surface area (Å²) in [6.07, 6.45) is -0.638. The lowest BCUT2D eigenvalue weighted by atomic mass is 10.1. The van der Waals surface area contributed by atoms with Gasteiger partial charge in [-0.15, -0.1) is 0 Å². The van der Waals surface area contributed by atoms with Gasteiger partial charge < -0.3 is 24.8 Å². The number of hydrogen-bond acceptors (Lipinski definition) is 6. The number of nitrogens with zero attached hydrogens (tertiary/aromatic N) is 2. The van der Waals surface area contributed by atoms with E-state index in [0.29, 0.717) is 17.8 Å². The molecule has 2 heterocycles. The average molecular weight is 408 g/mol.